The summed E-state index contributed by atoms with van der Waals surface area (Å²) in [4.78, 5) is 12.5. The molecule has 0 radical (unpaired) electrons. The summed E-state index contributed by atoms with van der Waals surface area (Å²) >= 11 is 0. The van der Waals surface area contributed by atoms with Crippen molar-refractivity contribution in [3.05, 3.63) is 88.8 Å². The van der Waals surface area contributed by atoms with Crippen molar-refractivity contribution < 1.29 is 13.6 Å². The molecule has 1 heterocycles. The maximum absolute atomic E-state index is 13.2. The third-order valence-electron chi connectivity index (χ3n) is 3.91. The Labute approximate surface area is 144 Å². The normalized spacial score (nSPS) is 11.2. The van der Waals surface area contributed by atoms with Crippen molar-refractivity contribution in [1.29, 1.82) is 0 Å². The molecule has 0 aliphatic carbocycles. The molecule has 0 aliphatic rings. The van der Waals surface area contributed by atoms with E-state index >= 15 is 0 Å². The van der Waals surface area contributed by atoms with Crippen LogP contribution in [0, 0.1) is 25.5 Å². The van der Waals surface area contributed by atoms with Crippen molar-refractivity contribution in [2.45, 2.75) is 13.8 Å². The SMILES string of the molecule is Cc1nn(-c2ccccc2)c(C)c1C(=O)/C=C/c1ccc(F)c(F)c1. The number of rotatable bonds is 4. The van der Waals surface area contributed by atoms with Crippen LogP contribution in [0.3, 0.4) is 0 Å². The minimum absolute atomic E-state index is 0.234. The molecule has 1 aromatic heterocycles. The zero-order valence-electron chi connectivity index (χ0n) is 13.8. The molecule has 0 amide bonds. The van der Waals surface area contributed by atoms with Crippen LogP contribution in [0.1, 0.15) is 27.3 Å². The molecule has 0 bridgehead atoms. The Balaban J connectivity index is 1.91. The van der Waals surface area contributed by atoms with Crippen LogP contribution in [0.2, 0.25) is 0 Å². The van der Waals surface area contributed by atoms with Gasteiger partial charge in [-0.1, -0.05) is 30.3 Å². The number of halogens is 2. The minimum atomic E-state index is -0.946. The first-order chi connectivity index (χ1) is 12.0. The highest BCUT2D eigenvalue weighted by Gasteiger charge is 2.17. The van der Waals surface area contributed by atoms with Crippen LogP contribution in [0.5, 0.6) is 0 Å². The Morgan fingerprint density at radius 3 is 2.44 bits per heavy atom. The zero-order valence-corrected chi connectivity index (χ0v) is 13.8. The molecule has 3 rings (SSSR count). The number of carbonyl (C=O) groups excluding carboxylic acids is 1. The third kappa shape index (κ3) is 3.40. The van der Waals surface area contributed by atoms with Gasteiger partial charge in [0.2, 0.25) is 0 Å². The monoisotopic (exact) mass is 338 g/mol. The van der Waals surface area contributed by atoms with Gasteiger partial charge in [0, 0.05) is 0 Å². The third-order valence-corrected chi connectivity index (χ3v) is 3.91. The van der Waals surface area contributed by atoms with Gasteiger partial charge in [0.15, 0.2) is 17.4 Å². The number of benzene rings is 2. The second kappa shape index (κ2) is 6.81. The first-order valence-electron chi connectivity index (χ1n) is 7.76. The van der Waals surface area contributed by atoms with Gasteiger partial charge in [-0.05, 0) is 49.8 Å². The number of nitrogens with zero attached hydrogens (tertiary/aromatic N) is 2. The molecule has 2 aromatic carbocycles. The molecule has 5 heteroatoms. The maximum atomic E-state index is 13.2. The molecule has 0 unspecified atom stereocenters. The molecular weight excluding hydrogens is 322 g/mol. The molecule has 3 aromatic rings. The van der Waals surface area contributed by atoms with Gasteiger partial charge in [-0.2, -0.15) is 5.10 Å². The summed E-state index contributed by atoms with van der Waals surface area (Å²) in [5.41, 5.74) is 3.12. The number of hydrogen-bond donors (Lipinski definition) is 0. The predicted molar refractivity (Wildman–Crippen MR) is 92.8 cm³/mol. The van der Waals surface area contributed by atoms with Crippen LogP contribution in [0.4, 0.5) is 8.78 Å². The molecule has 0 atom stereocenters. The van der Waals surface area contributed by atoms with Crippen LogP contribution in [-0.4, -0.2) is 15.6 Å². The lowest BCUT2D eigenvalue weighted by molar-refractivity contribution is 0.104. The summed E-state index contributed by atoms with van der Waals surface area (Å²) in [5, 5.41) is 4.43. The van der Waals surface area contributed by atoms with Crippen molar-refractivity contribution in [3.8, 4) is 5.69 Å². The van der Waals surface area contributed by atoms with E-state index in [4.69, 9.17) is 0 Å². The molecule has 3 nitrogen and oxygen atoms in total. The summed E-state index contributed by atoms with van der Waals surface area (Å²) < 4.78 is 27.9. The highest BCUT2D eigenvalue weighted by atomic mass is 19.2. The smallest absolute Gasteiger partial charge is 0.189 e. The highest BCUT2D eigenvalue weighted by molar-refractivity contribution is 6.08. The molecule has 25 heavy (non-hydrogen) atoms. The van der Waals surface area contributed by atoms with Crippen molar-refractivity contribution in [1.82, 2.24) is 9.78 Å². The van der Waals surface area contributed by atoms with Gasteiger partial charge >= 0.3 is 0 Å². The van der Waals surface area contributed by atoms with Crippen LogP contribution < -0.4 is 0 Å². The Bertz CT molecular complexity index is 959. The van der Waals surface area contributed by atoms with E-state index in [0.717, 1.165) is 23.5 Å². The van der Waals surface area contributed by atoms with Crippen molar-refractivity contribution in [2.24, 2.45) is 0 Å². The molecule has 0 spiro atoms. The lowest BCUT2D eigenvalue weighted by atomic mass is 10.1. The van der Waals surface area contributed by atoms with Crippen molar-refractivity contribution >= 4 is 11.9 Å². The summed E-state index contributed by atoms with van der Waals surface area (Å²) in [6, 6.07) is 13.0. The van der Waals surface area contributed by atoms with E-state index in [0.29, 0.717) is 16.8 Å². The van der Waals surface area contributed by atoms with Gasteiger partial charge < -0.3 is 0 Å². The zero-order chi connectivity index (χ0) is 18.0. The van der Waals surface area contributed by atoms with Crippen molar-refractivity contribution in [2.75, 3.05) is 0 Å². The fourth-order valence-corrected chi connectivity index (χ4v) is 2.69. The topological polar surface area (TPSA) is 34.9 Å². The van der Waals surface area contributed by atoms with Gasteiger partial charge in [-0.15, -0.1) is 0 Å². The van der Waals surface area contributed by atoms with Crippen LogP contribution in [0.15, 0.2) is 54.6 Å². The average molecular weight is 338 g/mol. The quantitative estimate of drug-likeness (QED) is 0.512. The Hall–Kier alpha value is -3.08. The van der Waals surface area contributed by atoms with Gasteiger partial charge in [0.05, 0.1) is 22.6 Å². The standard InChI is InChI=1S/C20H16F2N2O/c1-13-20(14(2)24(23-13)16-6-4-3-5-7-16)19(25)11-9-15-8-10-17(21)18(22)12-15/h3-12H,1-2H3/b11-9+. The van der Waals surface area contributed by atoms with Gasteiger partial charge in [-0.3, -0.25) is 4.79 Å². The fourth-order valence-electron chi connectivity index (χ4n) is 2.69. The lowest BCUT2D eigenvalue weighted by Crippen LogP contribution is -2.01. The highest BCUT2D eigenvalue weighted by Crippen LogP contribution is 2.19. The number of carbonyl (C=O) groups is 1. The summed E-state index contributed by atoms with van der Waals surface area (Å²) in [6.07, 6.45) is 2.81. The van der Waals surface area contributed by atoms with E-state index in [1.165, 1.54) is 18.2 Å². The summed E-state index contributed by atoms with van der Waals surface area (Å²) in [7, 11) is 0. The van der Waals surface area contributed by atoms with Gasteiger partial charge in [0.1, 0.15) is 0 Å². The predicted octanol–water partition coefficient (Wildman–Crippen LogP) is 4.66. The van der Waals surface area contributed by atoms with Crippen LogP contribution in [0.25, 0.3) is 11.8 Å². The molecule has 0 saturated carbocycles. The number of para-hydroxylation sites is 1. The second-order valence-electron chi connectivity index (χ2n) is 5.66. The Kier molecular flexibility index (Phi) is 4.57. The van der Waals surface area contributed by atoms with E-state index in [1.807, 2.05) is 37.3 Å². The first-order valence-corrected chi connectivity index (χ1v) is 7.76. The Morgan fingerprint density at radius 1 is 1.04 bits per heavy atom. The number of ketones is 1. The van der Waals surface area contributed by atoms with Gasteiger partial charge in [0.25, 0.3) is 0 Å². The number of allylic oxidation sites excluding steroid dienone is 1. The molecule has 126 valence electrons. The Morgan fingerprint density at radius 2 is 1.76 bits per heavy atom. The molecule has 0 N–H and O–H groups in total. The first kappa shape index (κ1) is 16.8. The van der Waals surface area contributed by atoms with E-state index < -0.39 is 11.6 Å². The molecule has 0 aliphatic heterocycles. The average Bonchev–Trinajstić information content (AvgIpc) is 2.91. The van der Waals surface area contributed by atoms with Crippen molar-refractivity contribution in [3.63, 3.8) is 0 Å². The second-order valence-corrected chi connectivity index (χ2v) is 5.66. The largest absolute Gasteiger partial charge is 0.289 e. The summed E-state index contributed by atoms with van der Waals surface area (Å²) in [5.74, 6) is -2.10. The van der Waals surface area contributed by atoms with E-state index in [1.54, 1.807) is 11.6 Å². The summed E-state index contributed by atoms with van der Waals surface area (Å²) in [6.45, 7) is 3.59. The molecule has 0 fully saturated rings. The van der Waals surface area contributed by atoms with E-state index in [2.05, 4.69) is 5.10 Å². The lowest BCUT2D eigenvalue weighted by Gasteiger charge is -2.04. The molecular formula is C20H16F2N2O. The van der Waals surface area contributed by atoms with Crippen LogP contribution in [-0.2, 0) is 0 Å². The number of aromatic nitrogens is 2. The number of hydrogen-bond acceptors (Lipinski definition) is 2. The minimum Gasteiger partial charge on any atom is -0.289 e. The van der Waals surface area contributed by atoms with Gasteiger partial charge in [-0.25, -0.2) is 13.5 Å². The van der Waals surface area contributed by atoms with E-state index in [-0.39, 0.29) is 5.78 Å². The molecule has 0 saturated heterocycles. The van der Waals surface area contributed by atoms with E-state index in [9.17, 15) is 13.6 Å². The maximum Gasteiger partial charge on any atom is 0.189 e. The fraction of sp³-hybridized carbons (Fsp3) is 0.100. The number of aryl methyl sites for hydroxylation is 1. The van der Waals surface area contributed by atoms with Crippen LogP contribution >= 0.6 is 0 Å².